The summed E-state index contributed by atoms with van der Waals surface area (Å²) in [5.41, 5.74) is 4.05. The number of hydrogen-bond donors (Lipinski definition) is 1. The van der Waals surface area contributed by atoms with E-state index in [1.807, 2.05) is 13.8 Å². The van der Waals surface area contributed by atoms with E-state index in [2.05, 4.69) is 32.6 Å². The van der Waals surface area contributed by atoms with E-state index in [-0.39, 0.29) is 35.9 Å². The van der Waals surface area contributed by atoms with Crippen LogP contribution in [-0.2, 0) is 0 Å². The van der Waals surface area contributed by atoms with Crippen molar-refractivity contribution in [2.24, 2.45) is 5.92 Å². The van der Waals surface area contributed by atoms with E-state index in [1.54, 1.807) is 0 Å². The molecule has 3 rings (SSSR count). The molecule has 1 saturated heterocycles. The maximum absolute atomic E-state index is 10.5. The summed E-state index contributed by atoms with van der Waals surface area (Å²) in [5, 5.41) is 10.5. The van der Waals surface area contributed by atoms with E-state index in [9.17, 15) is 5.11 Å². The lowest BCUT2D eigenvalue weighted by Gasteiger charge is -2.35. The molecule has 26 heavy (non-hydrogen) atoms. The molecule has 0 spiro atoms. The summed E-state index contributed by atoms with van der Waals surface area (Å²) >= 11 is 0. The monoisotopic (exact) mass is 407 g/mol. The van der Waals surface area contributed by atoms with Gasteiger partial charge in [-0.25, -0.2) is 0 Å². The molecular weight excluding hydrogens is 373 g/mol. The Morgan fingerprint density at radius 1 is 1.04 bits per heavy atom. The fourth-order valence-corrected chi connectivity index (χ4v) is 4.18. The molecule has 2 heterocycles. The van der Waals surface area contributed by atoms with E-state index in [1.165, 1.54) is 31.5 Å². The highest BCUT2D eigenvalue weighted by molar-refractivity contribution is 5.85. The standard InChI is InChI=1S/C20H31NO2.2ClH.H2O/c1-12-7-9-21(10-8-12)11-16-17-15(4)18(22)13(2)14(3)19(17)23-20(16,5)6;;;/h12,16,22H,7-11H2,1-6H3;2*1H;1H2/t16-;;;/m0.../s1. The Bertz CT molecular complexity index is 626. The average Bonchev–Trinajstić information content (AvgIpc) is 2.77. The second-order valence-corrected chi connectivity index (χ2v) is 8.21. The summed E-state index contributed by atoms with van der Waals surface area (Å²) in [5.74, 6) is 2.62. The average molecular weight is 408 g/mol. The molecule has 3 N–H and O–H groups in total. The molecule has 0 aliphatic carbocycles. The van der Waals surface area contributed by atoms with Crippen molar-refractivity contribution in [2.45, 2.75) is 65.9 Å². The van der Waals surface area contributed by atoms with Crippen molar-refractivity contribution in [1.82, 2.24) is 4.90 Å². The number of phenolic OH excluding ortho intramolecular Hbond substituents is 1. The van der Waals surface area contributed by atoms with E-state index in [0.717, 1.165) is 34.9 Å². The van der Waals surface area contributed by atoms with Crippen LogP contribution in [0.4, 0.5) is 0 Å². The van der Waals surface area contributed by atoms with Gasteiger partial charge < -0.3 is 20.2 Å². The highest BCUT2D eigenvalue weighted by Crippen LogP contribution is 2.51. The third-order valence-corrected chi connectivity index (χ3v) is 6.13. The lowest BCUT2D eigenvalue weighted by atomic mass is 9.82. The lowest BCUT2D eigenvalue weighted by molar-refractivity contribution is 0.0800. The summed E-state index contributed by atoms with van der Waals surface area (Å²) in [6.07, 6.45) is 2.58. The summed E-state index contributed by atoms with van der Waals surface area (Å²) in [4.78, 5) is 2.58. The van der Waals surface area contributed by atoms with Gasteiger partial charge in [0.1, 0.15) is 17.1 Å². The lowest BCUT2D eigenvalue weighted by Crippen LogP contribution is -2.42. The van der Waals surface area contributed by atoms with E-state index in [4.69, 9.17) is 4.74 Å². The predicted octanol–water partition coefficient (Wildman–Crippen LogP) is 4.32. The minimum Gasteiger partial charge on any atom is -0.507 e. The van der Waals surface area contributed by atoms with Gasteiger partial charge in [-0.1, -0.05) is 6.92 Å². The Morgan fingerprint density at radius 2 is 1.58 bits per heavy atom. The predicted molar refractivity (Wildman–Crippen MR) is 113 cm³/mol. The molecule has 1 aromatic rings. The van der Waals surface area contributed by atoms with Crippen molar-refractivity contribution >= 4 is 24.8 Å². The molecule has 0 radical (unpaired) electrons. The Kier molecular flexibility index (Phi) is 8.77. The van der Waals surface area contributed by atoms with Gasteiger partial charge in [-0.3, -0.25) is 0 Å². The molecule has 4 nitrogen and oxygen atoms in total. The Balaban J connectivity index is 0.00000208. The molecule has 2 aliphatic rings. The quantitative estimate of drug-likeness (QED) is 0.793. The van der Waals surface area contributed by atoms with Crippen LogP contribution >= 0.6 is 24.8 Å². The van der Waals surface area contributed by atoms with Gasteiger partial charge in [-0.15, -0.1) is 24.8 Å². The van der Waals surface area contributed by atoms with Crippen LogP contribution < -0.4 is 4.74 Å². The highest BCUT2D eigenvalue weighted by Gasteiger charge is 2.44. The van der Waals surface area contributed by atoms with Gasteiger partial charge in [0.05, 0.1) is 0 Å². The molecule has 1 atom stereocenters. The zero-order valence-electron chi connectivity index (χ0n) is 16.8. The number of rotatable bonds is 2. The second kappa shape index (κ2) is 9.01. The number of likely N-dealkylation sites (tertiary alicyclic amines) is 1. The topological polar surface area (TPSA) is 64.2 Å². The largest absolute Gasteiger partial charge is 0.507 e. The Hall–Kier alpha value is -0.680. The molecular formula is C20H35Cl2NO3. The first-order valence-corrected chi connectivity index (χ1v) is 8.96. The summed E-state index contributed by atoms with van der Waals surface area (Å²) in [6.45, 7) is 16.2. The summed E-state index contributed by atoms with van der Waals surface area (Å²) < 4.78 is 6.38. The summed E-state index contributed by atoms with van der Waals surface area (Å²) in [6, 6.07) is 0. The fourth-order valence-electron chi connectivity index (χ4n) is 4.18. The number of aromatic hydroxyl groups is 1. The molecule has 0 aromatic heterocycles. The third-order valence-electron chi connectivity index (χ3n) is 6.13. The number of halogens is 2. The minimum atomic E-state index is -0.221. The number of phenols is 1. The van der Waals surface area contributed by atoms with Crippen LogP contribution in [0.25, 0.3) is 0 Å². The van der Waals surface area contributed by atoms with Crippen LogP contribution in [0.5, 0.6) is 11.5 Å². The van der Waals surface area contributed by atoms with Crippen molar-refractivity contribution in [3.05, 3.63) is 22.3 Å². The zero-order valence-corrected chi connectivity index (χ0v) is 18.4. The number of piperidine rings is 1. The van der Waals surface area contributed by atoms with Gasteiger partial charge in [-0.2, -0.15) is 0 Å². The minimum absolute atomic E-state index is 0. The second-order valence-electron chi connectivity index (χ2n) is 8.21. The van der Waals surface area contributed by atoms with Crippen LogP contribution in [0.2, 0.25) is 0 Å². The van der Waals surface area contributed by atoms with Crippen LogP contribution in [0.1, 0.15) is 61.8 Å². The van der Waals surface area contributed by atoms with Gasteiger partial charge in [-0.05, 0) is 83.2 Å². The Labute approximate surface area is 170 Å². The highest BCUT2D eigenvalue weighted by atomic mass is 35.5. The molecule has 152 valence electrons. The molecule has 1 aromatic carbocycles. The van der Waals surface area contributed by atoms with E-state index in [0.29, 0.717) is 11.7 Å². The molecule has 0 unspecified atom stereocenters. The van der Waals surface area contributed by atoms with Crippen molar-refractivity contribution in [2.75, 3.05) is 19.6 Å². The smallest absolute Gasteiger partial charge is 0.127 e. The normalized spacial score (nSPS) is 21.7. The number of benzene rings is 1. The van der Waals surface area contributed by atoms with Crippen LogP contribution in [0.3, 0.4) is 0 Å². The van der Waals surface area contributed by atoms with Gasteiger partial charge in [0.15, 0.2) is 0 Å². The Morgan fingerprint density at radius 3 is 2.12 bits per heavy atom. The van der Waals surface area contributed by atoms with Crippen LogP contribution in [0.15, 0.2) is 0 Å². The molecule has 1 fully saturated rings. The molecule has 6 heteroatoms. The van der Waals surface area contributed by atoms with Crippen molar-refractivity contribution in [3.63, 3.8) is 0 Å². The van der Waals surface area contributed by atoms with Gasteiger partial charge in [0.2, 0.25) is 0 Å². The number of nitrogens with zero attached hydrogens (tertiary/aromatic N) is 1. The SMILES string of the molecule is Cc1c(C)c2c(c(C)c1O)[C@H](CN1CCC(C)CC1)C(C)(C)O2.Cl.Cl.O. The van der Waals surface area contributed by atoms with Gasteiger partial charge in [0, 0.05) is 18.0 Å². The van der Waals surface area contributed by atoms with Gasteiger partial charge in [0.25, 0.3) is 0 Å². The van der Waals surface area contributed by atoms with Gasteiger partial charge >= 0.3 is 0 Å². The van der Waals surface area contributed by atoms with Crippen LogP contribution in [-0.4, -0.2) is 40.7 Å². The first kappa shape index (κ1) is 25.3. The number of ether oxygens (including phenoxy) is 1. The fraction of sp³-hybridized carbons (Fsp3) is 0.700. The number of hydrogen-bond acceptors (Lipinski definition) is 3. The van der Waals surface area contributed by atoms with E-state index < -0.39 is 0 Å². The van der Waals surface area contributed by atoms with Crippen LogP contribution in [0, 0.1) is 26.7 Å². The molecule has 2 aliphatic heterocycles. The summed E-state index contributed by atoms with van der Waals surface area (Å²) in [7, 11) is 0. The van der Waals surface area contributed by atoms with E-state index >= 15 is 0 Å². The van der Waals surface area contributed by atoms with Crippen molar-refractivity contribution < 1.29 is 15.3 Å². The first-order valence-electron chi connectivity index (χ1n) is 8.96. The first-order chi connectivity index (χ1) is 10.7. The van der Waals surface area contributed by atoms with Crippen molar-refractivity contribution in [3.8, 4) is 11.5 Å². The molecule has 0 saturated carbocycles. The maximum atomic E-state index is 10.5. The maximum Gasteiger partial charge on any atom is 0.127 e. The number of fused-ring (bicyclic) bond motifs is 1. The molecule has 0 amide bonds. The third kappa shape index (κ3) is 4.24. The van der Waals surface area contributed by atoms with Crippen molar-refractivity contribution in [1.29, 1.82) is 0 Å². The molecule has 0 bridgehead atoms. The zero-order chi connectivity index (χ0) is 16.9.